The number of halogens is 2. The van der Waals surface area contributed by atoms with Crippen molar-refractivity contribution in [3.63, 3.8) is 0 Å². The van der Waals surface area contributed by atoms with Crippen LogP contribution in [0.1, 0.15) is 5.56 Å². The molecule has 0 saturated heterocycles. The lowest BCUT2D eigenvalue weighted by Crippen LogP contribution is -2.02. The van der Waals surface area contributed by atoms with Gasteiger partial charge in [-0.05, 0) is 52.4 Å². The van der Waals surface area contributed by atoms with Crippen molar-refractivity contribution in [3.05, 3.63) is 57.8 Å². The minimum absolute atomic E-state index is 0.244. The molecule has 90 valence electrons. The molecule has 0 aliphatic carbocycles. The average molecular weight is 353 g/mol. The lowest BCUT2D eigenvalue weighted by molar-refractivity contribution is 0.626. The van der Waals surface area contributed by atoms with Crippen molar-refractivity contribution >= 4 is 33.5 Å². The highest BCUT2D eigenvalue weighted by molar-refractivity contribution is 14.1. The maximum Gasteiger partial charge on any atom is 0.131 e. The molecule has 0 atom stereocenters. The third kappa shape index (κ3) is 2.10. The van der Waals surface area contributed by atoms with Crippen LogP contribution in [0.3, 0.4) is 0 Å². The highest BCUT2D eigenvalue weighted by Gasteiger charge is 2.09. The predicted octanol–water partition coefficient (Wildman–Crippen LogP) is 3.22. The molecule has 2 heterocycles. The van der Waals surface area contributed by atoms with Crippen LogP contribution in [0.15, 0.2) is 42.7 Å². The monoisotopic (exact) mass is 353 g/mol. The van der Waals surface area contributed by atoms with Crippen molar-refractivity contribution in [2.24, 2.45) is 0 Å². The SMILES string of the molecule is Fc1ccc2c(I)nn(Cc3cccnc3)c2c1. The Bertz CT molecular complexity index is 694. The zero-order valence-electron chi connectivity index (χ0n) is 9.35. The summed E-state index contributed by atoms with van der Waals surface area (Å²) >= 11 is 2.16. The second kappa shape index (κ2) is 4.64. The van der Waals surface area contributed by atoms with Crippen LogP contribution in [-0.2, 0) is 6.54 Å². The van der Waals surface area contributed by atoms with Crippen molar-refractivity contribution in [2.75, 3.05) is 0 Å². The molecule has 3 nitrogen and oxygen atoms in total. The molecule has 1 aromatic carbocycles. The molecule has 0 saturated carbocycles. The molecule has 0 unspecified atom stereocenters. The van der Waals surface area contributed by atoms with Crippen molar-refractivity contribution < 1.29 is 4.39 Å². The van der Waals surface area contributed by atoms with Gasteiger partial charge in [0.15, 0.2) is 0 Å². The minimum Gasteiger partial charge on any atom is -0.264 e. The first-order valence-electron chi connectivity index (χ1n) is 5.44. The van der Waals surface area contributed by atoms with E-state index in [2.05, 4.69) is 32.7 Å². The smallest absolute Gasteiger partial charge is 0.131 e. The Kier molecular flexibility index (Phi) is 2.99. The molecule has 2 aromatic heterocycles. The largest absolute Gasteiger partial charge is 0.264 e. The van der Waals surface area contributed by atoms with Gasteiger partial charge in [0.25, 0.3) is 0 Å². The molecule has 3 rings (SSSR count). The van der Waals surface area contributed by atoms with Gasteiger partial charge in [0.05, 0.1) is 12.1 Å². The molecule has 0 radical (unpaired) electrons. The molecule has 0 amide bonds. The van der Waals surface area contributed by atoms with E-state index in [-0.39, 0.29) is 5.82 Å². The molecule has 0 N–H and O–H groups in total. The Hall–Kier alpha value is -1.50. The van der Waals surface area contributed by atoms with Crippen molar-refractivity contribution in [3.8, 4) is 0 Å². The normalized spacial score (nSPS) is 11.0. The van der Waals surface area contributed by atoms with Gasteiger partial charge >= 0.3 is 0 Å². The van der Waals surface area contributed by atoms with Crippen LogP contribution < -0.4 is 0 Å². The second-order valence-electron chi connectivity index (χ2n) is 3.97. The summed E-state index contributed by atoms with van der Waals surface area (Å²) < 4.78 is 16.0. The molecule has 5 heteroatoms. The zero-order chi connectivity index (χ0) is 12.5. The van der Waals surface area contributed by atoms with E-state index in [1.165, 1.54) is 12.1 Å². The summed E-state index contributed by atoms with van der Waals surface area (Å²) in [5, 5.41) is 5.41. The van der Waals surface area contributed by atoms with Crippen molar-refractivity contribution in [2.45, 2.75) is 6.54 Å². The fourth-order valence-electron chi connectivity index (χ4n) is 1.89. The third-order valence-corrected chi connectivity index (χ3v) is 3.52. The second-order valence-corrected chi connectivity index (χ2v) is 4.99. The van der Waals surface area contributed by atoms with E-state index < -0.39 is 0 Å². The van der Waals surface area contributed by atoms with Crippen LogP contribution in [-0.4, -0.2) is 14.8 Å². The van der Waals surface area contributed by atoms with Crippen LogP contribution in [0.2, 0.25) is 0 Å². The van der Waals surface area contributed by atoms with E-state index in [0.29, 0.717) is 6.54 Å². The summed E-state index contributed by atoms with van der Waals surface area (Å²) in [6, 6.07) is 8.60. The van der Waals surface area contributed by atoms with Crippen LogP contribution in [0.5, 0.6) is 0 Å². The highest BCUT2D eigenvalue weighted by Crippen LogP contribution is 2.21. The van der Waals surface area contributed by atoms with Gasteiger partial charge in [-0.2, -0.15) is 5.10 Å². The van der Waals surface area contributed by atoms with Gasteiger partial charge in [0.1, 0.15) is 9.52 Å². The summed E-state index contributed by atoms with van der Waals surface area (Å²) in [5.41, 5.74) is 1.85. The molecular formula is C13H9FIN3. The van der Waals surface area contributed by atoms with Gasteiger partial charge < -0.3 is 0 Å². The number of hydrogen-bond donors (Lipinski definition) is 0. The predicted molar refractivity (Wildman–Crippen MR) is 75.7 cm³/mol. The average Bonchev–Trinajstić information content (AvgIpc) is 2.67. The van der Waals surface area contributed by atoms with Gasteiger partial charge in [-0.3, -0.25) is 9.67 Å². The maximum absolute atomic E-state index is 13.3. The van der Waals surface area contributed by atoms with Crippen LogP contribution in [0.4, 0.5) is 4.39 Å². The summed E-state index contributed by atoms with van der Waals surface area (Å²) in [4.78, 5) is 4.07. The molecular weight excluding hydrogens is 344 g/mol. The van der Waals surface area contributed by atoms with Crippen molar-refractivity contribution in [1.29, 1.82) is 0 Å². The van der Waals surface area contributed by atoms with Gasteiger partial charge in [-0.15, -0.1) is 0 Å². The van der Waals surface area contributed by atoms with Gasteiger partial charge in [0, 0.05) is 17.8 Å². The topological polar surface area (TPSA) is 30.7 Å². The van der Waals surface area contributed by atoms with E-state index >= 15 is 0 Å². The molecule has 18 heavy (non-hydrogen) atoms. The number of nitrogens with zero attached hydrogens (tertiary/aromatic N) is 3. The first kappa shape index (κ1) is 11.6. The van der Waals surface area contributed by atoms with Crippen LogP contribution >= 0.6 is 22.6 Å². The fourth-order valence-corrected chi connectivity index (χ4v) is 2.61. The Labute approximate surface area is 117 Å². The number of fused-ring (bicyclic) bond motifs is 1. The van der Waals surface area contributed by atoms with Crippen LogP contribution in [0, 0.1) is 9.52 Å². The van der Waals surface area contributed by atoms with Crippen LogP contribution in [0.25, 0.3) is 10.9 Å². The molecule has 0 spiro atoms. The van der Waals surface area contributed by atoms with E-state index in [9.17, 15) is 4.39 Å². The first-order valence-corrected chi connectivity index (χ1v) is 6.52. The summed E-state index contributed by atoms with van der Waals surface area (Å²) in [7, 11) is 0. The van der Waals surface area contributed by atoms with Crippen molar-refractivity contribution in [1.82, 2.24) is 14.8 Å². The third-order valence-electron chi connectivity index (χ3n) is 2.72. The molecule has 3 aromatic rings. The highest BCUT2D eigenvalue weighted by atomic mass is 127. The number of pyridine rings is 1. The number of rotatable bonds is 2. The van der Waals surface area contributed by atoms with E-state index in [1.54, 1.807) is 23.1 Å². The minimum atomic E-state index is -0.244. The summed E-state index contributed by atoms with van der Waals surface area (Å²) in [5.74, 6) is -0.244. The van der Waals surface area contributed by atoms with Gasteiger partial charge in [-0.25, -0.2) is 4.39 Å². The molecule has 0 bridgehead atoms. The lowest BCUT2D eigenvalue weighted by atomic mass is 10.2. The first-order chi connectivity index (χ1) is 8.74. The van der Waals surface area contributed by atoms with Gasteiger partial charge in [0.2, 0.25) is 0 Å². The quantitative estimate of drug-likeness (QED) is 0.663. The summed E-state index contributed by atoms with van der Waals surface area (Å²) in [6.07, 6.45) is 3.52. The zero-order valence-corrected chi connectivity index (χ0v) is 11.5. The molecule has 0 aliphatic heterocycles. The van der Waals surface area contributed by atoms with E-state index in [4.69, 9.17) is 0 Å². The lowest BCUT2D eigenvalue weighted by Gasteiger charge is -2.03. The maximum atomic E-state index is 13.3. The number of benzene rings is 1. The number of hydrogen-bond acceptors (Lipinski definition) is 2. The van der Waals surface area contributed by atoms with Gasteiger partial charge in [-0.1, -0.05) is 6.07 Å². The molecule has 0 aliphatic rings. The van der Waals surface area contributed by atoms with E-state index in [1.807, 2.05) is 12.1 Å². The Morgan fingerprint density at radius 1 is 1.28 bits per heavy atom. The standard InChI is InChI=1S/C13H9FIN3/c14-10-3-4-11-12(6-10)18(17-13(11)15)8-9-2-1-5-16-7-9/h1-7H,8H2. The number of aromatic nitrogens is 3. The summed E-state index contributed by atoms with van der Waals surface area (Å²) in [6.45, 7) is 0.594. The Morgan fingerprint density at radius 3 is 2.94 bits per heavy atom. The fraction of sp³-hybridized carbons (Fsp3) is 0.0769. The molecule has 0 fully saturated rings. The Morgan fingerprint density at radius 2 is 2.17 bits per heavy atom. The van der Waals surface area contributed by atoms with E-state index in [0.717, 1.165) is 20.2 Å². The Balaban J connectivity index is 2.09.